The second kappa shape index (κ2) is 8.51. The smallest absolute Gasteiger partial charge is 0.271 e. The van der Waals surface area contributed by atoms with Crippen molar-refractivity contribution in [2.45, 2.75) is 16.7 Å². The molecule has 0 radical (unpaired) electrons. The summed E-state index contributed by atoms with van der Waals surface area (Å²) in [5, 5.41) is 0. The number of rotatable bonds is 8. The Morgan fingerprint density at radius 3 is 1.70 bits per heavy atom. The summed E-state index contributed by atoms with van der Waals surface area (Å²) in [5.41, 5.74) is 0.592. The highest BCUT2D eigenvalue weighted by atomic mass is 32.2. The average Bonchev–Trinajstić information content (AvgIpc) is 2.62. The van der Waals surface area contributed by atoms with E-state index in [1.54, 1.807) is 19.1 Å². The highest BCUT2D eigenvalue weighted by Crippen LogP contribution is 2.32. The lowest BCUT2D eigenvalue weighted by atomic mass is 10.2. The van der Waals surface area contributed by atoms with Gasteiger partial charge in [-0.05, 0) is 37.3 Å². The van der Waals surface area contributed by atoms with Gasteiger partial charge in [0.05, 0.1) is 21.2 Å². The van der Waals surface area contributed by atoms with Crippen LogP contribution in [0.2, 0.25) is 0 Å². The molecule has 10 nitrogen and oxygen atoms in total. The number of anilines is 2. The maximum absolute atomic E-state index is 13.2. The van der Waals surface area contributed by atoms with E-state index in [9.17, 15) is 25.3 Å². The molecular weight excluding hydrogens is 452 g/mol. The molecule has 2 aromatic carbocycles. The van der Waals surface area contributed by atoms with Crippen molar-refractivity contribution in [1.29, 1.82) is 0 Å². The Balaban J connectivity index is 2.68. The van der Waals surface area contributed by atoms with E-state index >= 15 is 0 Å². The maximum Gasteiger partial charge on any atom is 0.301 e. The Hall–Kier alpha value is -2.19. The summed E-state index contributed by atoms with van der Waals surface area (Å²) in [6.07, 6.45) is 0. The van der Waals surface area contributed by atoms with Crippen LogP contribution in [-0.2, 0) is 30.3 Å². The van der Waals surface area contributed by atoms with Crippen molar-refractivity contribution in [3.8, 4) is 0 Å². The van der Waals surface area contributed by atoms with Crippen molar-refractivity contribution in [2.75, 3.05) is 37.6 Å². The Labute approximate surface area is 177 Å². The quantitative estimate of drug-likeness (QED) is 0.589. The molecule has 166 valence electrons. The second-order valence-corrected chi connectivity index (χ2v) is 12.5. The summed E-state index contributed by atoms with van der Waals surface area (Å²) in [6.45, 7) is 1.80. The molecule has 0 fully saturated rings. The van der Waals surface area contributed by atoms with Crippen LogP contribution in [0, 0.1) is 6.92 Å². The lowest BCUT2D eigenvalue weighted by Crippen LogP contribution is -2.30. The first kappa shape index (κ1) is 24.1. The molecule has 0 bridgehead atoms. The van der Waals surface area contributed by atoms with Gasteiger partial charge in [0.1, 0.15) is 0 Å². The Kier molecular flexibility index (Phi) is 6.83. The third kappa shape index (κ3) is 5.29. The number of sulfone groups is 1. The van der Waals surface area contributed by atoms with E-state index in [2.05, 4.69) is 9.44 Å². The summed E-state index contributed by atoms with van der Waals surface area (Å²) in [4.78, 5) is -0.457. The standard InChI is InChI=1S/C17H24N4O6S3/c1-13-6-9-15(10-7-13)28(22,23)17-12-14(18-29(24,25)20(2)3)8-11-16(17)19-30(26,27)21(4)5/h6-12,18-19H,1-5H3. The zero-order valence-electron chi connectivity index (χ0n) is 17.1. The molecule has 0 amide bonds. The molecule has 0 heterocycles. The first-order chi connectivity index (χ1) is 13.7. The van der Waals surface area contributed by atoms with Gasteiger partial charge < -0.3 is 0 Å². The van der Waals surface area contributed by atoms with Gasteiger partial charge >= 0.3 is 20.4 Å². The fourth-order valence-electron chi connectivity index (χ4n) is 2.21. The van der Waals surface area contributed by atoms with E-state index in [1.807, 2.05) is 0 Å². The molecule has 0 spiro atoms. The first-order valence-corrected chi connectivity index (χ1v) is 12.9. The van der Waals surface area contributed by atoms with E-state index in [1.165, 1.54) is 52.5 Å². The van der Waals surface area contributed by atoms with Gasteiger partial charge in [0.25, 0.3) is 0 Å². The van der Waals surface area contributed by atoms with Crippen molar-refractivity contribution < 1.29 is 25.3 Å². The summed E-state index contributed by atoms with van der Waals surface area (Å²) in [7, 11) is -6.89. The molecule has 2 rings (SSSR count). The normalized spacial score (nSPS) is 12.9. The zero-order valence-corrected chi connectivity index (χ0v) is 19.6. The van der Waals surface area contributed by atoms with Crippen molar-refractivity contribution in [3.05, 3.63) is 48.0 Å². The van der Waals surface area contributed by atoms with Crippen LogP contribution in [0.15, 0.2) is 52.3 Å². The second-order valence-electron chi connectivity index (χ2n) is 6.81. The van der Waals surface area contributed by atoms with Crippen molar-refractivity contribution >= 4 is 41.6 Å². The summed E-state index contributed by atoms with van der Waals surface area (Å²) in [6, 6.07) is 9.53. The van der Waals surface area contributed by atoms with E-state index in [0.29, 0.717) is 0 Å². The van der Waals surface area contributed by atoms with Crippen LogP contribution in [0.5, 0.6) is 0 Å². The largest absolute Gasteiger partial charge is 0.301 e. The molecule has 13 heteroatoms. The Morgan fingerprint density at radius 2 is 1.20 bits per heavy atom. The van der Waals surface area contributed by atoms with Gasteiger partial charge in [-0.2, -0.15) is 25.4 Å². The zero-order chi connectivity index (χ0) is 22.9. The summed E-state index contributed by atoms with van der Waals surface area (Å²) >= 11 is 0. The lowest BCUT2D eigenvalue weighted by Gasteiger charge is -2.18. The third-order valence-corrected chi connectivity index (χ3v) is 8.75. The highest BCUT2D eigenvalue weighted by Gasteiger charge is 2.26. The molecule has 0 atom stereocenters. The van der Waals surface area contributed by atoms with E-state index < -0.39 is 35.2 Å². The van der Waals surface area contributed by atoms with Crippen molar-refractivity contribution in [2.24, 2.45) is 0 Å². The molecule has 2 aromatic rings. The van der Waals surface area contributed by atoms with Gasteiger partial charge in [-0.15, -0.1) is 0 Å². The van der Waals surface area contributed by atoms with Crippen LogP contribution in [0.25, 0.3) is 0 Å². The molecule has 0 saturated heterocycles. The summed E-state index contributed by atoms with van der Waals surface area (Å²) < 4.78 is 81.5. The van der Waals surface area contributed by atoms with Crippen molar-refractivity contribution in [1.82, 2.24) is 8.61 Å². The van der Waals surface area contributed by atoms with Gasteiger partial charge in [-0.1, -0.05) is 17.7 Å². The average molecular weight is 477 g/mol. The molecule has 0 aromatic heterocycles. The van der Waals surface area contributed by atoms with E-state index in [0.717, 1.165) is 20.2 Å². The minimum atomic E-state index is -4.18. The fraction of sp³-hybridized carbons (Fsp3) is 0.294. The SMILES string of the molecule is Cc1ccc(S(=O)(=O)c2cc(NS(=O)(=O)N(C)C)ccc2NS(=O)(=O)N(C)C)cc1. The van der Waals surface area contributed by atoms with Crippen LogP contribution in [-0.4, -0.2) is 62.1 Å². The predicted octanol–water partition coefficient (Wildman–Crippen LogP) is 1.26. The topological polar surface area (TPSA) is 133 Å². The number of nitrogens with zero attached hydrogens (tertiary/aromatic N) is 2. The van der Waals surface area contributed by atoms with Gasteiger partial charge in [0.15, 0.2) is 0 Å². The van der Waals surface area contributed by atoms with Crippen LogP contribution in [0.4, 0.5) is 11.4 Å². The van der Waals surface area contributed by atoms with Gasteiger partial charge in [-0.25, -0.2) is 8.42 Å². The molecule has 0 aliphatic heterocycles. The third-order valence-electron chi connectivity index (χ3n) is 4.05. The lowest BCUT2D eigenvalue weighted by molar-refractivity contribution is 0.525. The number of nitrogens with one attached hydrogen (secondary N) is 2. The highest BCUT2D eigenvalue weighted by molar-refractivity contribution is 7.92. The number of aryl methyl sites for hydroxylation is 1. The fourth-order valence-corrected chi connectivity index (χ4v) is 4.96. The number of hydrogen-bond donors (Lipinski definition) is 2. The minimum absolute atomic E-state index is 0.0396. The Morgan fingerprint density at radius 1 is 0.700 bits per heavy atom. The van der Waals surface area contributed by atoms with E-state index in [-0.39, 0.29) is 16.3 Å². The van der Waals surface area contributed by atoms with Gasteiger partial charge in [-0.3, -0.25) is 9.44 Å². The maximum atomic E-state index is 13.2. The molecule has 0 unspecified atom stereocenters. The predicted molar refractivity (Wildman–Crippen MR) is 116 cm³/mol. The van der Waals surface area contributed by atoms with E-state index in [4.69, 9.17) is 0 Å². The molecule has 0 aliphatic rings. The summed E-state index contributed by atoms with van der Waals surface area (Å²) in [5.74, 6) is 0. The van der Waals surface area contributed by atoms with Crippen molar-refractivity contribution in [3.63, 3.8) is 0 Å². The molecular formula is C17H24N4O6S3. The van der Waals surface area contributed by atoms with Gasteiger partial charge in [0, 0.05) is 28.2 Å². The molecule has 0 saturated carbocycles. The molecule has 30 heavy (non-hydrogen) atoms. The molecule has 0 aliphatic carbocycles. The monoisotopic (exact) mass is 476 g/mol. The van der Waals surface area contributed by atoms with Crippen LogP contribution in [0.1, 0.15) is 5.56 Å². The van der Waals surface area contributed by atoms with Gasteiger partial charge in [0.2, 0.25) is 9.84 Å². The van der Waals surface area contributed by atoms with Crippen LogP contribution >= 0.6 is 0 Å². The number of hydrogen-bond acceptors (Lipinski definition) is 6. The minimum Gasteiger partial charge on any atom is -0.271 e. The van der Waals surface area contributed by atoms with Crippen LogP contribution < -0.4 is 9.44 Å². The van der Waals surface area contributed by atoms with Crippen LogP contribution in [0.3, 0.4) is 0 Å². The first-order valence-electron chi connectivity index (χ1n) is 8.53. The molecule has 2 N–H and O–H groups in total. The number of benzene rings is 2. The Bertz CT molecular complexity index is 1240.